The summed E-state index contributed by atoms with van der Waals surface area (Å²) in [6.45, 7) is 3.50. The van der Waals surface area contributed by atoms with Gasteiger partial charge in [-0.25, -0.2) is 0 Å². The molecule has 0 bridgehead atoms. The van der Waals surface area contributed by atoms with Crippen molar-refractivity contribution in [1.29, 1.82) is 0 Å². The van der Waals surface area contributed by atoms with Crippen LogP contribution in [-0.2, 0) is 23.2 Å². The zero-order valence-corrected chi connectivity index (χ0v) is 14.4. The van der Waals surface area contributed by atoms with Crippen molar-refractivity contribution in [2.45, 2.75) is 44.6 Å². The van der Waals surface area contributed by atoms with E-state index >= 15 is 0 Å². The van der Waals surface area contributed by atoms with Crippen LogP contribution in [0, 0.1) is 12.8 Å². The first-order valence-electron chi connectivity index (χ1n) is 8.78. The number of aromatic nitrogens is 3. The van der Waals surface area contributed by atoms with Crippen molar-refractivity contribution in [2.24, 2.45) is 5.92 Å². The maximum atomic E-state index is 12.9. The van der Waals surface area contributed by atoms with Gasteiger partial charge >= 0.3 is 0 Å². The van der Waals surface area contributed by atoms with Crippen LogP contribution >= 0.6 is 0 Å². The summed E-state index contributed by atoms with van der Waals surface area (Å²) in [5, 5.41) is 8.33. The molecular formula is C19H24N4O. The molecule has 1 amide bonds. The van der Waals surface area contributed by atoms with Gasteiger partial charge in [-0.3, -0.25) is 4.79 Å². The van der Waals surface area contributed by atoms with Crippen LogP contribution in [0.25, 0.3) is 0 Å². The first kappa shape index (κ1) is 15.4. The molecule has 0 radical (unpaired) electrons. The molecule has 1 unspecified atom stereocenters. The molecule has 5 heteroatoms. The topological polar surface area (TPSA) is 51.0 Å². The molecule has 2 heterocycles. The molecule has 0 N–H and O–H groups in total. The Kier molecular flexibility index (Phi) is 3.66. The first-order chi connectivity index (χ1) is 11.6. The number of nitrogens with zero attached hydrogens (tertiary/aromatic N) is 4. The second-order valence-corrected chi connectivity index (χ2v) is 7.35. The molecule has 4 rings (SSSR count). The highest BCUT2D eigenvalue weighted by Gasteiger charge is 2.46. The van der Waals surface area contributed by atoms with Crippen LogP contribution in [-0.4, -0.2) is 39.2 Å². The summed E-state index contributed by atoms with van der Waals surface area (Å²) in [5.74, 6) is 2.23. The van der Waals surface area contributed by atoms with Gasteiger partial charge in [0.15, 0.2) is 0 Å². The standard InChI is InChI=1S/C19H24N4O/c1-14-20-21-17-9-8-15(12-23(14)17)18(24)22(2)13-19(10-11-19)16-6-4-3-5-7-16/h3-7,15H,8-13H2,1-2H3. The molecule has 0 saturated heterocycles. The van der Waals surface area contributed by atoms with Crippen molar-refractivity contribution in [3.8, 4) is 0 Å². The SMILES string of the molecule is Cc1nnc2n1CC(C(=O)N(C)CC1(c3ccccc3)CC1)CC2. The third kappa shape index (κ3) is 2.62. The van der Waals surface area contributed by atoms with Crippen molar-refractivity contribution in [2.75, 3.05) is 13.6 Å². The van der Waals surface area contributed by atoms with E-state index in [9.17, 15) is 4.79 Å². The molecule has 24 heavy (non-hydrogen) atoms. The molecule has 0 spiro atoms. The molecule has 2 aromatic rings. The summed E-state index contributed by atoms with van der Waals surface area (Å²) < 4.78 is 2.10. The molecule has 1 atom stereocenters. The number of rotatable bonds is 4. The second-order valence-electron chi connectivity index (χ2n) is 7.35. The van der Waals surface area contributed by atoms with E-state index < -0.39 is 0 Å². The maximum absolute atomic E-state index is 12.9. The van der Waals surface area contributed by atoms with E-state index in [2.05, 4.69) is 45.1 Å². The lowest BCUT2D eigenvalue weighted by Gasteiger charge is -2.30. The van der Waals surface area contributed by atoms with E-state index in [4.69, 9.17) is 0 Å². The molecule has 5 nitrogen and oxygen atoms in total. The van der Waals surface area contributed by atoms with E-state index in [1.54, 1.807) is 0 Å². The minimum absolute atomic E-state index is 0.0452. The number of hydrogen-bond donors (Lipinski definition) is 0. The zero-order valence-electron chi connectivity index (χ0n) is 14.4. The number of amides is 1. The van der Waals surface area contributed by atoms with Crippen LogP contribution in [0.1, 0.15) is 36.5 Å². The van der Waals surface area contributed by atoms with E-state index in [1.165, 1.54) is 18.4 Å². The fourth-order valence-electron chi connectivity index (χ4n) is 3.99. The number of benzene rings is 1. The van der Waals surface area contributed by atoms with Gasteiger partial charge in [0.1, 0.15) is 11.6 Å². The number of carbonyl (C=O) groups excluding carboxylic acids is 1. The van der Waals surface area contributed by atoms with Crippen LogP contribution in [0.3, 0.4) is 0 Å². The largest absolute Gasteiger partial charge is 0.345 e. The van der Waals surface area contributed by atoms with Gasteiger partial charge in [0.2, 0.25) is 5.91 Å². The van der Waals surface area contributed by atoms with E-state index in [0.29, 0.717) is 0 Å². The molecular weight excluding hydrogens is 300 g/mol. The lowest BCUT2D eigenvalue weighted by Crippen LogP contribution is -2.41. The van der Waals surface area contributed by atoms with Crippen molar-refractivity contribution >= 4 is 5.91 Å². The van der Waals surface area contributed by atoms with Crippen molar-refractivity contribution < 1.29 is 4.79 Å². The predicted molar refractivity (Wildman–Crippen MR) is 91.6 cm³/mol. The Bertz CT molecular complexity index is 748. The quantitative estimate of drug-likeness (QED) is 0.867. The number of likely N-dealkylation sites (N-methyl/N-ethyl adjacent to an activating group) is 1. The Morgan fingerprint density at radius 3 is 2.75 bits per heavy atom. The Morgan fingerprint density at radius 1 is 1.29 bits per heavy atom. The molecule has 1 aromatic heterocycles. The molecule has 2 aliphatic rings. The second kappa shape index (κ2) is 5.72. The molecule has 1 fully saturated rings. The Morgan fingerprint density at radius 2 is 2.04 bits per heavy atom. The third-order valence-electron chi connectivity index (χ3n) is 5.64. The minimum Gasteiger partial charge on any atom is -0.345 e. The molecule has 1 saturated carbocycles. The molecule has 126 valence electrons. The summed E-state index contributed by atoms with van der Waals surface area (Å²) in [4.78, 5) is 14.9. The van der Waals surface area contributed by atoms with E-state index in [-0.39, 0.29) is 17.2 Å². The highest BCUT2D eigenvalue weighted by Crippen LogP contribution is 2.48. The summed E-state index contributed by atoms with van der Waals surface area (Å²) in [5.41, 5.74) is 1.54. The van der Waals surface area contributed by atoms with Gasteiger partial charge < -0.3 is 9.47 Å². The van der Waals surface area contributed by atoms with E-state index in [0.717, 1.165) is 37.6 Å². The predicted octanol–water partition coefficient (Wildman–Crippen LogP) is 2.34. The normalized spacial score (nSPS) is 21.2. The van der Waals surface area contributed by atoms with Crippen LogP contribution in [0.2, 0.25) is 0 Å². The van der Waals surface area contributed by atoms with Gasteiger partial charge in [-0.1, -0.05) is 30.3 Å². The molecule has 1 aliphatic carbocycles. The lowest BCUT2D eigenvalue weighted by molar-refractivity contribution is -0.135. The highest BCUT2D eigenvalue weighted by atomic mass is 16.2. The maximum Gasteiger partial charge on any atom is 0.227 e. The fraction of sp³-hybridized carbons (Fsp3) is 0.526. The summed E-state index contributed by atoms with van der Waals surface area (Å²) in [6.07, 6.45) is 4.07. The van der Waals surface area contributed by atoms with Gasteiger partial charge in [-0.05, 0) is 31.7 Å². The summed E-state index contributed by atoms with van der Waals surface area (Å²) in [7, 11) is 1.96. The van der Waals surface area contributed by atoms with Crippen molar-refractivity contribution in [3.05, 3.63) is 47.5 Å². The Hall–Kier alpha value is -2.17. The summed E-state index contributed by atoms with van der Waals surface area (Å²) in [6, 6.07) is 10.6. The van der Waals surface area contributed by atoms with Crippen molar-refractivity contribution in [1.82, 2.24) is 19.7 Å². The molecule has 1 aromatic carbocycles. The Balaban J connectivity index is 1.45. The Labute approximate surface area is 142 Å². The van der Waals surface area contributed by atoms with Gasteiger partial charge in [-0.2, -0.15) is 0 Å². The lowest BCUT2D eigenvalue weighted by atomic mass is 9.93. The van der Waals surface area contributed by atoms with E-state index in [1.807, 2.05) is 18.9 Å². The van der Waals surface area contributed by atoms with Gasteiger partial charge in [0.25, 0.3) is 0 Å². The minimum atomic E-state index is 0.0452. The van der Waals surface area contributed by atoms with Crippen LogP contribution in [0.4, 0.5) is 0 Å². The van der Waals surface area contributed by atoms with Crippen LogP contribution in [0.5, 0.6) is 0 Å². The average molecular weight is 324 g/mol. The monoisotopic (exact) mass is 324 g/mol. The first-order valence-corrected chi connectivity index (χ1v) is 8.78. The number of hydrogen-bond acceptors (Lipinski definition) is 3. The fourth-order valence-corrected chi connectivity index (χ4v) is 3.99. The number of carbonyl (C=O) groups is 1. The smallest absolute Gasteiger partial charge is 0.227 e. The third-order valence-corrected chi connectivity index (χ3v) is 5.64. The molecule has 1 aliphatic heterocycles. The van der Waals surface area contributed by atoms with Gasteiger partial charge in [0.05, 0.1) is 5.92 Å². The number of fused-ring (bicyclic) bond motifs is 1. The zero-order chi connectivity index (χ0) is 16.7. The summed E-state index contributed by atoms with van der Waals surface area (Å²) >= 11 is 0. The van der Waals surface area contributed by atoms with Gasteiger partial charge in [0, 0.05) is 32.0 Å². The highest BCUT2D eigenvalue weighted by molar-refractivity contribution is 5.79. The average Bonchev–Trinajstić information content (AvgIpc) is 3.31. The van der Waals surface area contributed by atoms with Crippen LogP contribution in [0.15, 0.2) is 30.3 Å². The van der Waals surface area contributed by atoms with Crippen molar-refractivity contribution in [3.63, 3.8) is 0 Å². The van der Waals surface area contributed by atoms with Gasteiger partial charge in [-0.15, -0.1) is 10.2 Å². The van der Waals surface area contributed by atoms with Crippen LogP contribution < -0.4 is 0 Å². The number of aryl methyl sites for hydroxylation is 2.